The van der Waals surface area contributed by atoms with E-state index >= 15 is 0 Å². The maximum absolute atomic E-state index is 12.7. The van der Waals surface area contributed by atoms with Crippen LogP contribution in [0.4, 0.5) is 4.79 Å². The van der Waals surface area contributed by atoms with E-state index in [-0.39, 0.29) is 73.8 Å². The maximum atomic E-state index is 12.7. The molecule has 1 amide bonds. The summed E-state index contributed by atoms with van der Waals surface area (Å²) in [5.74, 6) is -2.49. The van der Waals surface area contributed by atoms with Crippen LogP contribution in [0.1, 0.15) is 69.9 Å². The van der Waals surface area contributed by atoms with Crippen LogP contribution in [0.25, 0.3) is 21.7 Å². The highest BCUT2D eigenvalue weighted by Gasteiger charge is 2.24. The first-order chi connectivity index (χ1) is 19.2. The summed E-state index contributed by atoms with van der Waals surface area (Å²) in [6.07, 6.45) is 1.46. The molecule has 2 aromatic carbocycles. The number of hydrogen-bond acceptors (Lipinski definition) is 9. The normalized spacial score (nSPS) is 10.7. The molecule has 12 nitrogen and oxygen atoms in total. The van der Waals surface area contributed by atoms with E-state index in [4.69, 9.17) is 24.1 Å². The monoisotopic (exact) mass is 572 g/mol. The van der Waals surface area contributed by atoms with E-state index in [1.54, 1.807) is 24.3 Å². The van der Waals surface area contributed by atoms with Crippen molar-refractivity contribution in [1.82, 2.24) is 10.6 Å². The fourth-order valence-electron chi connectivity index (χ4n) is 4.00. The molecule has 0 saturated heterocycles. The number of hydrogen-bond donors (Lipinski definition) is 4. The molecule has 3 rings (SSSR count). The fraction of sp³-hybridized carbons (Fsp3) is 0.414. The van der Waals surface area contributed by atoms with E-state index in [9.17, 15) is 24.0 Å². The number of benzene rings is 2. The average Bonchev–Trinajstić information content (AvgIpc) is 3.35. The molecule has 0 aliphatic heterocycles. The van der Waals surface area contributed by atoms with Gasteiger partial charge >= 0.3 is 24.0 Å². The van der Waals surface area contributed by atoms with Crippen molar-refractivity contribution < 1.29 is 48.1 Å². The van der Waals surface area contributed by atoms with E-state index in [1.165, 1.54) is 13.0 Å². The molecular weight excluding hydrogens is 536 g/mol. The van der Waals surface area contributed by atoms with Crippen molar-refractivity contribution >= 4 is 51.5 Å². The number of carbonyl (C=O) groups excluding carboxylic acids is 3. The van der Waals surface area contributed by atoms with Crippen LogP contribution in [0.3, 0.4) is 0 Å². The molecule has 0 atom stereocenters. The summed E-state index contributed by atoms with van der Waals surface area (Å²) >= 11 is 0. The van der Waals surface area contributed by atoms with E-state index < -0.39 is 24.0 Å². The van der Waals surface area contributed by atoms with Gasteiger partial charge in [-0.2, -0.15) is 0 Å². The summed E-state index contributed by atoms with van der Waals surface area (Å²) in [6, 6.07) is 8.24. The first kappa shape index (κ1) is 32.8. The van der Waals surface area contributed by atoms with Gasteiger partial charge in [0.05, 0.1) is 11.8 Å². The number of aliphatic carboxylic acids is 2. The number of carbonyl (C=O) groups is 5. The van der Waals surface area contributed by atoms with Crippen molar-refractivity contribution in [2.45, 2.75) is 59.3 Å². The third kappa shape index (κ3) is 9.60. The molecule has 1 heterocycles. The Morgan fingerprint density at radius 2 is 1.46 bits per heavy atom. The minimum absolute atomic E-state index is 0. The number of amides is 1. The van der Waals surface area contributed by atoms with Gasteiger partial charge in [-0.05, 0) is 31.9 Å². The molecule has 0 spiro atoms. The number of nitrogens with one attached hydrogen (secondary N) is 2. The number of Topliss-reactive ketones (excluding diaryl/α,β-unsaturated/α-hetero) is 1. The molecule has 3 aromatic rings. The standard InChI is InChI=1S/C28H32N2O10.CH4/c1-17(31)21-16-20-25(40-28(37)30-14-6-2-3-10-22(32)33)18-8-4-5-9-19(18)26(27(20)38-21)39-24(36)11-7-13-29-15-12-23(34)35;/h4-5,8-9,16,29H,2-3,6-7,10-15H2,1H3,(H,30,37)(H,32,33)(H,34,35);1H4. The highest BCUT2D eigenvalue weighted by molar-refractivity contribution is 6.12. The van der Waals surface area contributed by atoms with E-state index in [1.807, 2.05) is 0 Å². The Morgan fingerprint density at radius 3 is 2.12 bits per heavy atom. The molecule has 0 unspecified atom stereocenters. The van der Waals surface area contributed by atoms with Gasteiger partial charge < -0.3 is 34.7 Å². The molecule has 222 valence electrons. The first-order valence-corrected chi connectivity index (χ1v) is 13.0. The lowest BCUT2D eigenvalue weighted by Gasteiger charge is -2.14. The summed E-state index contributed by atoms with van der Waals surface area (Å²) < 4.78 is 17.1. The lowest BCUT2D eigenvalue weighted by Crippen LogP contribution is -2.27. The van der Waals surface area contributed by atoms with Gasteiger partial charge in [-0.15, -0.1) is 0 Å². The number of carboxylic acid groups (broad SMARTS) is 2. The second kappa shape index (κ2) is 16.0. The number of fused-ring (bicyclic) bond motifs is 2. The molecule has 0 bridgehead atoms. The van der Waals surface area contributed by atoms with E-state index in [0.717, 1.165) is 0 Å². The second-order valence-electron chi connectivity index (χ2n) is 9.11. The molecule has 12 heteroatoms. The van der Waals surface area contributed by atoms with Crippen LogP contribution in [-0.4, -0.2) is 59.6 Å². The molecule has 0 saturated carbocycles. The van der Waals surface area contributed by atoms with Crippen LogP contribution >= 0.6 is 0 Å². The number of unbranched alkanes of at least 4 members (excludes halogenated alkanes) is 2. The number of ether oxygens (including phenoxy) is 2. The van der Waals surface area contributed by atoms with Crippen LogP contribution in [0, 0.1) is 0 Å². The summed E-state index contributed by atoms with van der Waals surface area (Å²) in [6.45, 7) is 2.31. The zero-order valence-corrected chi connectivity index (χ0v) is 22.1. The van der Waals surface area contributed by atoms with Crippen molar-refractivity contribution in [3.63, 3.8) is 0 Å². The van der Waals surface area contributed by atoms with Crippen molar-refractivity contribution in [3.8, 4) is 11.5 Å². The van der Waals surface area contributed by atoms with Gasteiger partial charge in [0, 0.05) is 43.6 Å². The van der Waals surface area contributed by atoms with Gasteiger partial charge in [0.2, 0.25) is 0 Å². The summed E-state index contributed by atoms with van der Waals surface area (Å²) in [7, 11) is 0. The van der Waals surface area contributed by atoms with Gasteiger partial charge in [-0.25, -0.2) is 4.79 Å². The summed E-state index contributed by atoms with van der Waals surface area (Å²) in [4.78, 5) is 58.6. The predicted octanol–water partition coefficient (Wildman–Crippen LogP) is 4.91. The third-order valence-electron chi connectivity index (χ3n) is 5.94. The smallest absolute Gasteiger partial charge is 0.412 e. The van der Waals surface area contributed by atoms with Gasteiger partial charge in [-0.3, -0.25) is 19.2 Å². The van der Waals surface area contributed by atoms with Gasteiger partial charge in [-0.1, -0.05) is 38.1 Å². The number of furan rings is 1. The zero-order chi connectivity index (χ0) is 29.1. The lowest BCUT2D eigenvalue weighted by atomic mass is 10.0. The van der Waals surface area contributed by atoms with Crippen LogP contribution in [0.2, 0.25) is 0 Å². The Labute approximate surface area is 237 Å². The minimum Gasteiger partial charge on any atom is -0.481 e. The highest BCUT2D eigenvalue weighted by atomic mass is 16.6. The van der Waals surface area contributed by atoms with Crippen molar-refractivity contribution in [1.29, 1.82) is 0 Å². The maximum Gasteiger partial charge on any atom is 0.412 e. The van der Waals surface area contributed by atoms with Crippen molar-refractivity contribution in [2.24, 2.45) is 0 Å². The van der Waals surface area contributed by atoms with E-state index in [2.05, 4.69) is 10.6 Å². The number of rotatable bonds is 16. The Balaban J connectivity index is 0.00000588. The van der Waals surface area contributed by atoms with Gasteiger partial charge in [0.15, 0.2) is 28.6 Å². The third-order valence-corrected chi connectivity index (χ3v) is 5.94. The average molecular weight is 573 g/mol. The van der Waals surface area contributed by atoms with Crippen LogP contribution in [0.15, 0.2) is 34.7 Å². The Kier molecular flexibility index (Phi) is 12.8. The van der Waals surface area contributed by atoms with Gasteiger partial charge in [0.25, 0.3) is 0 Å². The molecule has 41 heavy (non-hydrogen) atoms. The summed E-state index contributed by atoms with van der Waals surface area (Å²) in [5, 5.41) is 24.2. The highest BCUT2D eigenvalue weighted by Crippen LogP contribution is 2.44. The zero-order valence-electron chi connectivity index (χ0n) is 22.1. The quantitative estimate of drug-likeness (QED) is 0.0792. The SMILES string of the molecule is C.CC(=O)c1cc2c(OC(=O)NCCCCCC(=O)O)c3ccccc3c(OC(=O)CCCNCCC(=O)O)c2o1. The second-order valence-corrected chi connectivity index (χ2v) is 9.11. The topological polar surface area (TPSA) is 181 Å². The Bertz CT molecular complexity index is 1300. The van der Waals surface area contributed by atoms with Crippen molar-refractivity contribution in [2.75, 3.05) is 19.6 Å². The Hall–Kier alpha value is -4.45. The minimum atomic E-state index is -0.913. The fourth-order valence-corrected chi connectivity index (χ4v) is 4.00. The van der Waals surface area contributed by atoms with Crippen LogP contribution in [0.5, 0.6) is 11.5 Å². The molecule has 1 aromatic heterocycles. The first-order valence-electron chi connectivity index (χ1n) is 13.0. The molecule has 0 radical (unpaired) electrons. The molecular formula is C29H36N2O10. The van der Waals surface area contributed by atoms with Crippen LogP contribution < -0.4 is 20.1 Å². The summed E-state index contributed by atoms with van der Waals surface area (Å²) in [5.41, 5.74) is 0.0771. The molecule has 0 aliphatic carbocycles. The largest absolute Gasteiger partial charge is 0.481 e. The predicted molar refractivity (Wildman–Crippen MR) is 151 cm³/mol. The number of esters is 1. The lowest BCUT2D eigenvalue weighted by molar-refractivity contribution is -0.138. The Morgan fingerprint density at radius 1 is 0.780 bits per heavy atom. The molecule has 0 fully saturated rings. The van der Waals surface area contributed by atoms with Crippen LogP contribution in [-0.2, 0) is 14.4 Å². The molecule has 0 aliphatic rings. The van der Waals surface area contributed by atoms with E-state index in [0.29, 0.717) is 43.0 Å². The van der Waals surface area contributed by atoms with Gasteiger partial charge in [0.1, 0.15) is 0 Å². The number of carboxylic acids is 2. The van der Waals surface area contributed by atoms with Crippen molar-refractivity contribution in [3.05, 3.63) is 36.1 Å². The molecule has 4 N–H and O–H groups in total. The number of ketones is 1.